The summed E-state index contributed by atoms with van der Waals surface area (Å²) in [6.07, 6.45) is 0. The Kier molecular flexibility index (Phi) is 4.66. The van der Waals surface area contributed by atoms with Gasteiger partial charge in [0, 0.05) is 14.4 Å². The minimum absolute atomic E-state index is 0.168. The first kappa shape index (κ1) is 13.6. The Bertz CT molecular complexity index is 507. The van der Waals surface area contributed by atoms with Crippen LogP contribution in [0.5, 0.6) is 0 Å². The van der Waals surface area contributed by atoms with E-state index in [9.17, 15) is 0 Å². The molecular formula is C12H10Br2ClNS. The van der Waals surface area contributed by atoms with Gasteiger partial charge in [0.2, 0.25) is 0 Å². The Morgan fingerprint density at radius 3 is 2.53 bits per heavy atom. The molecule has 0 aliphatic carbocycles. The first-order chi connectivity index (χ1) is 8.10. The van der Waals surface area contributed by atoms with Gasteiger partial charge in [0.1, 0.15) is 0 Å². The SMILES string of the molecule is CNC(c1cc(Cl)cc(Br)c1)c1ccc(Br)s1. The predicted octanol–water partition coefficient (Wildman–Crippen LogP) is 5.24. The van der Waals surface area contributed by atoms with Crippen molar-refractivity contribution in [3.63, 3.8) is 0 Å². The maximum atomic E-state index is 6.08. The highest BCUT2D eigenvalue weighted by Crippen LogP contribution is 2.33. The van der Waals surface area contributed by atoms with E-state index in [4.69, 9.17) is 11.6 Å². The van der Waals surface area contributed by atoms with Crippen molar-refractivity contribution in [2.45, 2.75) is 6.04 Å². The summed E-state index contributed by atoms with van der Waals surface area (Å²) in [5.41, 5.74) is 1.15. The highest BCUT2D eigenvalue weighted by molar-refractivity contribution is 9.11. The van der Waals surface area contributed by atoms with Gasteiger partial charge in [-0.05, 0) is 58.9 Å². The smallest absolute Gasteiger partial charge is 0.0702 e. The van der Waals surface area contributed by atoms with Crippen LogP contribution in [0.25, 0.3) is 0 Å². The largest absolute Gasteiger partial charge is 0.309 e. The van der Waals surface area contributed by atoms with Gasteiger partial charge in [0.25, 0.3) is 0 Å². The van der Waals surface area contributed by atoms with Gasteiger partial charge < -0.3 is 5.32 Å². The van der Waals surface area contributed by atoms with Crippen LogP contribution in [-0.2, 0) is 0 Å². The normalized spacial score (nSPS) is 12.7. The van der Waals surface area contributed by atoms with E-state index in [1.54, 1.807) is 11.3 Å². The molecule has 1 aromatic heterocycles. The van der Waals surface area contributed by atoms with Crippen LogP contribution in [0, 0.1) is 0 Å². The molecule has 1 nitrogen and oxygen atoms in total. The summed E-state index contributed by atoms with van der Waals surface area (Å²) < 4.78 is 2.13. The molecule has 0 bridgehead atoms. The molecule has 1 atom stereocenters. The van der Waals surface area contributed by atoms with Crippen molar-refractivity contribution in [2.24, 2.45) is 0 Å². The van der Waals surface area contributed by atoms with Crippen LogP contribution >= 0.6 is 54.8 Å². The molecule has 2 rings (SSSR count). The van der Waals surface area contributed by atoms with E-state index in [2.05, 4.69) is 55.4 Å². The minimum atomic E-state index is 0.168. The van der Waals surface area contributed by atoms with Crippen molar-refractivity contribution >= 4 is 54.8 Å². The molecule has 0 spiro atoms. The highest BCUT2D eigenvalue weighted by Gasteiger charge is 2.15. The summed E-state index contributed by atoms with van der Waals surface area (Å²) in [6.45, 7) is 0. The second-order valence-corrected chi connectivity index (χ2v) is 7.41. The number of thiophene rings is 1. The fourth-order valence-electron chi connectivity index (χ4n) is 1.70. The van der Waals surface area contributed by atoms with Crippen LogP contribution in [0.4, 0.5) is 0 Å². The Hall–Kier alpha value is 0.130. The first-order valence-corrected chi connectivity index (χ1v) is 7.76. The summed E-state index contributed by atoms with van der Waals surface area (Å²) in [4.78, 5) is 1.26. The van der Waals surface area contributed by atoms with E-state index in [-0.39, 0.29) is 6.04 Å². The van der Waals surface area contributed by atoms with Gasteiger partial charge in [-0.3, -0.25) is 0 Å². The van der Waals surface area contributed by atoms with E-state index in [1.165, 1.54) is 4.88 Å². The van der Waals surface area contributed by atoms with Crippen LogP contribution in [0.1, 0.15) is 16.5 Å². The van der Waals surface area contributed by atoms with Gasteiger partial charge >= 0.3 is 0 Å². The minimum Gasteiger partial charge on any atom is -0.309 e. The Morgan fingerprint density at radius 2 is 2.00 bits per heavy atom. The zero-order valence-electron chi connectivity index (χ0n) is 9.01. The van der Waals surface area contributed by atoms with E-state index in [1.807, 2.05) is 19.2 Å². The van der Waals surface area contributed by atoms with Crippen LogP contribution in [0.15, 0.2) is 38.6 Å². The number of nitrogens with one attached hydrogen (secondary N) is 1. The Labute approximate surface area is 126 Å². The van der Waals surface area contributed by atoms with E-state index < -0.39 is 0 Å². The zero-order chi connectivity index (χ0) is 12.4. The average molecular weight is 396 g/mol. The van der Waals surface area contributed by atoms with E-state index >= 15 is 0 Å². The molecule has 5 heteroatoms. The van der Waals surface area contributed by atoms with Crippen molar-refractivity contribution in [1.29, 1.82) is 0 Å². The van der Waals surface area contributed by atoms with Gasteiger partial charge in [-0.2, -0.15) is 0 Å². The van der Waals surface area contributed by atoms with Gasteiger partial charge in [-0.25, -0.2) is 0 Å². The van der Waals surface area contributed by atoms with E-state index in [0.29, 0.717) is 0 Å². The number of halogens is 3. The maximum absolute atomic E-state index is 6.08. The first-order valence-electron chi connectivity index (χ1n) is 4.98. The van der Waals surface area contributed by atoms with Crippen molar-refractivity contribution in [1.82, 2.24) is 5.32 Å². The third-order valence-electron chi connectivity index (χ3n) is 2.39. The van der Waals surface area contributed by atoms with E-state index in [0.717, 1.165) is 18.8 Å². The monoisotopic (exact) mass is 393 g/mol. The lowest BCUT2D eigenvalue weighted by molar-refractivity contribution is 0.703. The number of hydrogen-bond acceptors (Lipinski definition) is 2. The molecule has 1 heterocycles. The molecule has 1 unspecified atom stereocenters. The molecule has 0 saturated heterocycles. The molecule has 90 valence electrons. The second kappa shape index (κ2) is 5.85. The van der Waals surface area contributed by atoms with Crippen LogP contribution in [-0.4, -0.2) is 7.05 Å². The summed E-state index contributed by atoms with van der Waals surface area (Å²) in [6, 6.07) is 10.3. The van der Waals surface area contributed by atoms with Crippen molar-refractivity contribution in [2.75, 3.05) is 7.05 Å². The van der Waals surface area contributed by atoms with Crippen LogP contribution in [0.3, 0.4) is 0 Å². The lowest BCUT2D eigenvalue weighted by atomic mass is 10.1. The van der Waals surface area contributed by atoms with Gasteiger partial charge in [0.15, 0.2) is 0 Å². The summed E-state index contributed by atoms with van der Waals surface area (Å²) in [7, 11) is 1.95. The zero-order valence-corrected chi connectivity index (χ0v) is 13.8. The molecule has 0 aliphatic rings. The van der Waals surface area contributed by atoms with Crippen LogP contribution < -0.4 is 5.32 Å². The third-order valence-corrected chi connectivity index (χ3v) is 4.75. The summed E-state index contributed by atoms with van der Waals surface area (Å²) in [5, 5.41) is 4.05. The second-order valence-electron chi connectivity index (χ2n) is 3.57. The average Bonchev–Trinajstić information content (AvgIpc) is 2.64. The Morgan fingerprint density at radius 1 is 1.24 bits per heavy atom. The highest BCUT2D eigenvalue weighted by atomic mass is 79.9. The molecule has 17 heavy (non-hydrogen) atoms. The number of hydrogen-bond donors (Lipinski definition) is 1. The summed E-state index contributed by atoms with van der Waals surface area (Å²) in [5.74, 6) is 0. The third kappa shape index (κ3) is 3.32. The molecule has 0 amide bonds. The van der Waals surface area contributed by atoms with Gasteiger partial charge in [0.05, 0.1) is 9.83 Å². The summed E-state index contributed by atoms with van der Waals surface area (Å²) >= 11 is 14.8. The maximum Gasteiger partial charge on any atom is 0.0702 e. The lowest BCUT2D eigenvalue weighted by Crippen LogP contribution is -2.16. The predicted molar refractivity (Wildman–Crippen MR) is 82.1 cm³/mol. The van der Waals surface area contributed by atoms with Gasteiger partial charge in [-0.15, -0.1) is 11.3 Å². The van der Waals surface area contributed by atoms with Gasteiger partial charge in [-0.1, -0.05) is 27.5 Å². The standard InChI is InChI=1S/C12H10Br2ClNS/c1-16-12(10-2-3-11(14)17-10)7-4-8(13)6-9(15)5-7/h2-6,12,16H,1H3. The molecule has 0 fully saturated rings. The molecular weight excluding hydrogens is 385 g/mol. The fraction of sp³-hybridized carbons (Fsp3) is 0.167. The van der Waals surface area contributed by atoms with Crippen molar-refractivity contribution < 1.29 is 0 Å². The van der Waals surface area contributed by atoms with Crippen LogP contribution in [0.2, 0.25) is 5.02 Å². The molecule has 1 N–H and O–H groups in total. The number of benzene rings is 1. The van der Waals surface area contributed by atoms with Crippen molar-refractivity contribution in [3.05, 3.63) is 54.1 Å². The number of rotatable bonds is 3. The molecule has 2 aromatic rings. The fourth-order valence-corrected chi connectivity index (χ4v) is 4.15. The lowest BCUT2D eigenvalue weighted by Gasteiger charge is -2.15. The quantitative estimate of drug-likeness (QED) is 0.750. The molecule has 0 aliphatic heterocycles. The molecule has 0 saturated carbocycles. The topological polar surface area (TPSA) is 12.0 Å². The van der Waals surface area contributed by atoms with Crippen molar-refractivity contribution in [3.8, 4) is 0 Å². The molecule has 1 aromatic carbocycles. The molecule has 0 radical (unpaired) electrons. The Balaban J connectivity index is 2.41.